The Morgan fingerprint density at radius 2 is 1.77 bits per heavy atom. The van der Waals surface area contributed by atoms with Crippen LogP contribution in [0.2, 0.25) is 0 Å². The third-order valence-electron chi connectivity index (χ3n) is 7.12. The highest BCUT2D eigenvalue weighted by Crippen LogP contribution is 2.37. The number of rotatable bonds is 7. The molecular formula is C28H30F3N5O3. The number of anilines is 2. The van der Waals surface area contributed by atoms with Gasteiger partial charge in [-0.25, -0.2) is 4.98 Å². The van der Waals surface area contributed by atoms with Gasteiger partial charge in [-0.1, -0.05) is 24.3 Å². The Hall–Kier alpha value is -3.86. The van der Waals surface area contributed by atoms with Crippen molar-refractivity contribution < 1.29 is 27.4 Å². The highest BCUT2D eigenvalue weighted by Gasteiger charge is 2.37. The molecule has 1 saturated heterocycles. The molecule has 11 heteroatoms. The summed E-state index contributed by atoms with van der Waals surface area (Å²) in [7, 11) is 3.50. The molecule has 1 aliphatic heterocycles. The van der Waals surface area contributed by atoms with E-state index in [1.54, 1.807) is 18.2 Å². The second-order valence-electron chi connectivity index (χ2n) is 9.92. The lowest BCUT2D eigenvalue weighted by Gasteiger charge is -2.29. The monoisotopic (exact) mass is 541 g/mol. The number of carbonyl (C=O) groups is 1. The van der Waals surface area contributed by atoms with Crippen molar-refractivity contribution >= 4 is 17.5 Å². The molecular weight excluding hydrogens is 511 g/mol. The molecule has 0 bridgehead atoms. The van der Waals surface area contributed by atoms with Crippen molar-refractivity contribution in [3.05, 3.63) is 70.9 Å². The number of methoxy groups -OCH3 is 1. The summed E-state index contributed by atoms with van der Waals surface area (Å²) in [6.07, 6.45) is -1.70. The van der Waals surface area contributed by atoms with Crippen LogP contribution in [0.15, 0.2) is 48.7 Å². The summed E-state index contributed by atoms with van der Waals surface area (Å²) in [4.78, 5) is 23.0. The van der Waals surface area contributed by atoms with Gasteiger partial charge in [0.1, 0.15) is 17.4 Å². The molecule has 1 aliphatic carbocycles. The topological polar surface area (TPSA) is 88.6 Å². The Labute approximate surface area is 224 Å². The van der Waals surface area contributed by atoms with Crippen molar-refractivity contribution in [1.29, 1.82) is 0 Å². The molecule has 2 N–H and O–H groups in total. The van der Waals surface area contributed by atoms with Gasteiger partial charge in [0.2, 0.25) is 11.8 Å². The van der Waals surface area contributed by atoms with Crippen LogP contribution in [0.3, 0.4) is 0 Å². The van der Waals surface area contributed by atoms with Crippen molar-refractivity contribution in [3.8, 4) is 11.6 Å². The molecule has 8 nitrogen and oxygen atoms in total. The van der Waals surface area contributed by atoms with E-state index in [9.17, 15) is 18.0 Å². The molecule has 1 amide bonds. The molecule has 1 fully saturated rings. The summed E-state index contributed by atoms with van der Waals surface area (Å²) in [5.41, 5.74) is 1.86. The number of nitrogens with one attached hydrogen (secondary N) is 2. The highest BCUT2D eigenvalue weighted by molar-refractivity contribution is 5.95. The lowest BCUT2D eigenvalue weighted by molar-refractivity contribution is -0.139. The molecule has 206 valence electrons. The van der Waals surface area contributed by atoms with E-state index in [0.717, 1.165) is 37.1 Å². The van der Waals surface area contributed by atoms with Crippen LogP contribution in [-0.4, -0.2) is 60.2 Å². The number of alkyl halides is 3. The molecule has 2 aliphatic rings. The fourth-order valence-corrected chi connectivity index (χ4v) is 4.95. The third-order valence-corrected chi connectivity index (χ3v) is 7.12. The van der Waals surface area contributed by atoms with Gasteiger partial charge in [-0.15, -0.1) is 0 Å². The Morgan fingerprint density at radius 1 is 1.08 bits per heavy atom. The summed E-state index contributed by atoms with van der Waals surface area (Å²) in [5.74, 6) is -0.516. The molecule has 5 rings (SSSR count). The summed E-state index contributed by atoms with van der Waals surface area (Å²) in [5, 5.41) is 5.96. The minimum Gasteiger partial charge on any atom is -0.495 e. The first-order valence-electron chi connectivity index (χ1n) is 12.8. The maximum atomic E-state index is 13.7. The van der Waals surface area contributed by atoms with E-state index in [4.69, 9.17) is 9.47 Å². The van der Waals surface area contributed by atoms with E-state index in [1.165, 1.54) is 7.11 Å². The van der Waals surface area contributed by atoms with Gasteiger partial charge in [0.15, 0.2) is 0 Å². The molecule has 2 heterocycles. The average molecular weight is 542 g/mol. The zero-order valence-corrected chi connectivity index (χ0v) is 21.7. The average Bonchev–Trinajstić information content (AvgIpc) is 3.32. The zero-order valence-electron chi connectivity index (χ0n) is 21.7. The molecule has 0 spiro atoms. The quantitative estimate of drug-likeness (QED) is 0.451. The number of halogens is 3. The number of nitrogens with zero attached hydrogens (tertiary/aromatic N) is 3. The molecule has 0 atom stereocenters. The molecule has 2 aromatic carbocycles. The largest absolute Gasteiger partial charge is 0.495 e. The van der Waals surface area contributed by atoms with Crippen molar-refractivity contribution in [2.45, 2.75) is 44.0 Å². The molecule has 0 radical (unpaired) electrons. The number of piperidine rings is 1. The van der Waals surface area contributed by atoms with E-state index in [-0.39, 0.29) is 17.9 Å². The number of aromatic nitrogens is 2. The third kappa shape index (κ3) is 6.25. The molecule has 1 aromatic heterocycles. The maximum Gasteiger partial charge on any atom is 0.423 e. The minimum atomic E-state index is -4.68. The van der Waals surface area contributed by atoms with Gasteiger partial charge in [-0.2, -0.15) is 18.2 Å². The Kier molecular flexibility index (Phi) is 7.60. The lowest BCUT2D eigenvalue weighted by Crippen LogP contribution is -2.43. The number of benzene rings is 2. The second kappa shape index (κ2) is 11.1. The fourth-order valence-electron chi connectivity index (χ4n) is 4.95. The highest BCUT2D eigenvalue weighted by atomic mass is 19.4. The van der Waals surface area contributed by atoms with Crippen LogP contribution in [0.4, 0.5) is 24.8 Å². The predicted molar refractivity (Wildman–Crippen MR) is 140 cm³/mol. The number of fused-ring (bicyclic) bond motifs is 1. The first-order chi connectivity index (χ1) is 18.7. The molecule has 39 heavy (non-hydrogen) atoms. The lowest BCUT2D eigenvalue weighted by atomic mass is 10.0. The first-order valence-corrected chi connectivity index (χ1v) is 12.8. The summed E-state index contributed by atoms with van der Waals surface area (Å²) in [6, 6.07) is 12.6. The maximum absolute atomic E-state index is 13.7. The number of carbonyl (C=O) groups excluding carboxylic acids is 1. The van der Waals surface area contributed by atoms with Gasteiger partial charge < -0.3 is 25.0 Å². The van der Waals surface area contributed by atoms with Gasteiger partial charge in [-0.05, 0) is 62.3 Å². The number of hydrogen-bond acceptors (Lipinski definition) is 7. The van der Waals surface area contributed by atoms with Gasteiger partial charge >= 0.3 is 6.18 Å². The number of likely N-dealkylation sites (tertiary alicyclic amines) is 1. The van der Waals surface area contributed by atoms with Crippen LogP contribution in [0.25, 0.3) is 0 Å². The predicted octanol–water partition coefficient (Wildman–Crippen LogP) is 4.62. The van der Waals surface area contributed by atoms with Crippen LogP contribution >= 0.6 is 0 Å². The zero-order chi connectivity index (χ0) is 27.6. The van der Waals surface area contributed by atoms with E-state index in [2.05, 4.69) is 32.5 Å². The SMILES string of the molecule is COc1cc(C(=O)NC2CCN(C)CC2)ccc1Nc1ncc(C(F)(F)F)c(OC2Cc3ccccc3C2)n1. The van der Waals surface area contributed by atoms with Crippen LogP contribution in [0.5, 0.6) is 11.6 Å². The molecule has 0 unspecified atom stereocenters. The Bertz CT molecular complexity index is 1320. The van der Waals surface area contributed by atoms with Gasteiger partial charge in [-0.3, -0.25) is 4.79 Å². The van der Waals surface area contributed by atoms with Crippen LogP contribution in [-0.2, 0) is 19.0 Å². The summed E-state index contributed by atoms with van der Waals surface area (Å²) in [6.45, 7) is 1.84. The Morgan fingerprint density at radius 3 is 2.41 bits per heavy atom. The molecule has 3 aromatic rings. The van der Waals surface area contributed by atoms with Gasteiger partial charge in [0.05, 0.1) is 12.8 Å². The van der Waals surface area contributed by atoms with Crippen LogP contribution in [0.1, 0.15) is 39.9 Å². The van der Waals surface area contributed by atoms with Gasteiger partial charge in [0.25, 0.3) is 5.91 Å². The normalized spacial score (nSPS) is 16.5. The van der Waals surface area contributed by atoms with E-state index in [1.807, 2.05) is 24.3 Å². The Balaban J connectivity index is 1.32. The summed E-state index contributed by atoms with van der Waals surface area (Å²) >= 11 is 0. The van der Waals surface area contributed by atoms with Crippen molar-refractivity contribution in [1.82, 2.24) is 20.2 Å². The minimum absolute atomic E-state index is 0.0876. The number of amides is 1. The van der Waals surface area contributed by atoms with Crippen molar-refractivity contribution in [2.75, 3.05) is 32.6 Å². The van der Waals surface area contributed by atoms with Crippen LogP contribution in [0, 0.1) is 0 Å². The standard InChI is InChI=1S/C28H30F3N5O3/c1-36-11-9-20(10-12-36)33-25(37)19-7-8-23(24(15-19)38-2)34-27-32-16-22(28(29,30)31)26(35-27)39-21-13-17-5-3-4-6-18(17)14-21/h3-8,15-16,20-21H,9-14H2,1-2H3,(H,33,37)(H,32,34,35). The van der Waals surface area contributed by atoms with Crippen LogP contribution < -0.4 is 20.1 Å². The van der Waals surface area contributed by atoms with E-state index >= 15 is 0 Å². The fraction of sp³-hybridized carbons (Fsp3) is 0.393. The van der Waals surface area contributed by atoms with E-state index < -0.39 is 23.7 Å². The number of ether oxygens (including phenoxy) is 2. The smallest absolute Gasteiger partial charge is 0.423 e. The van der Waals surface area contributed by atoms with Crippen molar-refractivity contribution in [3.63, 3.8) is 0 Å². The van der Waals surface area contributed by atoms with Gasteiger partial charge in [0, 0.05) is 30.6 Å². The van der Waals surface area contributed by atoms with Crippen molar-refractivity contribution in [2.24, 2.45) is 0 Å². The second-order valence-corrected chi connectivity index (χ2v) is 9.92. The first kappa shape index (κ1) is 26.7. The van der Waals surface area contributed by atoms with E-state index in [0.29, 0.717) is 36.0 Å². The summed E-state index contributed by atoms with van der Waals surface area (Å²) < 4.78 is 52.4. The number of hydrogen-bond donors (Lipinski definition) is 2. The molecule has 0 saturated carbocycles.